The smallest absolute Gasteiger partial charge is 0.193 e. The number of hydrogen-bond donors (Lipinski definition) is 1. The molecular formula is C19H28N6O. The van der Waals surface area contributed by atoms with Gasteiger partial charge >= 0.3 is 0 Å². The van der Waals surface area contributed by atoms with Gasteiger partial charge in [-0.3, -0.25) is 9.67 Å². The zero-order valence-corrected chi connectivity index (χ0v) is 15.9. The highest BCUT2D eigenvalue weighted by atomic mass is 16.5. The van der Waals surface area contributed by atoms with Crippen molar-refractivity contribution >= 4 is 11.6 Å². The lowest BCUT2D eigenvalue weighted by Gasteiger charge is -2.37. The molecule has 7 nitrogen and oxygen atoms in total. The molecule has 0 aliphatic carbocycles. The number of anilines is 1. The molecule has 0 radical (unpaired) electrons. The first-order valence-electron chi connectivity index (χ1n) is 9.01. The van der Waals surface area contributed by atoms with Crippen molar-refractivity contribution in [1.29, 1.82) is 0 Å². The first-order chi connectivity index (χ1) is 12.7. The molecule has 140 valence electrons. The fraction of sp³-hybridized carbons (Fsp3) is 0.474. The van der Waals surface area contributed by atoms with E-state index >= 15 is 0 Å². The Balaban J connectivity index is 1.49. The number of hydrogen-bond acceptors (Lipinski definition) is 4. The second-order valence-corrected chi connectivity index (χ2v) is 6.42. The van der Waals surface area contributed by atoms with Crippen molar-refractivity contribution in [3.05, 3.63) is 42.2 Å². The van der Waals surface area contributed by atoms with Crippen LogP contribution in [0.5, 0.6) is 5.75 Å². The van der Waals surface area contributed by atoms with Crippen molar-refractivity contribution < 1.29 is 4.74 Å². The Kier molecular flexibility index (Phi) is 5.99. The number of methoxy groups -OCH3 is 1. The second kappa shape index (κ2) is 8.60. The fourth-order valence-corrected chi connectivity index (χ4v) is 3.24. The molecule has 1 aliphatic heterocycles. The lowest BCUT2D eigenvalue weighted by atomic mass is 10.2. The monoisotopic (exact) mass is 356 g/mol. The van der Waals surface area contributed by atoms with Crippen LogP contribution in [0.4, 0.5) is 5.69 Å². The van der Waals surface area contributed by atoms with Crippen LogP contribution >= 0.6 is 0 Å². The average molecular weight is 356 g/mol. The van der Waals surface area contributed by atoms with E-state index in [1.165, 1.54) is 11.3 Å². The van der Waals surface area contributed by atoms with Crippen molar-refractivity contribution in [2.75, 3.05) is 51.8 Å². The van der Waals surface area contributed by atoms with Crippen molar-refractivity contribution in [2.24, 2.45) is 12.0 Å². The minimum absolute atomic E-state index is 0.856. The number of nitrogens with zero attached hydrogens (tertiary/aromatic N) is 5. The van der Waals surface area contributed by atoms with Gasteiger partial charge in [0.1, 0.15) is 5.75 Å². The van der Waals surface area contributed by atoms with E-state index in [9.17, 15) is 0 Å². The number of aryl methyl sites for hydroxylation is 1. The average Bonchev–Trinajstić information content (AvgIpc) is 3.10. The van der Waals surface area contributed by atoms with Gasteiger partial charge in [-0.05, 0) is 24.1 Å². The van der Waals surface area contributed by atoms with Crippen LogP contribution in [0.1, 0.15) is 5.56 Å². The first kappa shape index (κ1) is 18.1. The summed E-state index contributed by atoms with van der Waals surface area (Å²) in [6.07, 6.45) is 4.91. The van der Waals surface area contributed by atoms with Gasteiger partial charge in [0.25, 0.3) is 0 Å². The summed E-state index contributed by atoms with van der Waals surface area (Å²) in [7, 11) is 5.50. The van der Waals surface area contributed by atoms with E-state index < -0.39 is 0 Å². The number of ether oxygens (including phenoxy) is 1. The third-order valence-electron chi connectivity index (χ3n) is 4.66. The van der Waals surface area contributed by atoms with Crippen molar-refractivity contribution in [1.82, 2.24) is 20.0 Å². The normalized spacial score (nSPS) is 15.3. The van der Waals surface area contributed by atoms with Crippen LogP contribution in [0.25, 0.3) is 0 Å². The van der Waals surface area contributed by atoms with E-state index in [0.717, 1.165) is 50.9 Å². The lowest BCUT2D eigenvalue weighted by Crippen LogP contribution is -2.52. The van der Waals surface area contributed by atoms with Crippen LogP contribution in [-0.2, 0) is 13.5 Å². The van der Waals surface area contributed by atoms with Gasteiger partial charge in [0.05, 0.1) is 13.3 Å². The van der Waals surface area contributed by atoms with E-state index in [0.29, 0.717) is 0 Å². The maximum absolute atomic E-state index is 5.33. The molecule has 0 unspecified atom stereocenters. The van der Waals surface area contributed by atoms with Crippen molar-refractivity contribution in [3.8, 4) is 5.75 Å². The van der Waals surface area contributed by atoms with Crippen LogP contribution in [0.15, 0.2) is 41.7 Å². The lowest BCUT2D eigenvalue weighted by molar-refractivity contribution is 0.372. The standard InChI is InChI=1S/C19H28N6O/c1-20-19(21-8-7-16-14-22-23(2)15-16)25-11-9-24(10-12-25)17-5-4-6-18(13-17)26-3/h4-6,13-15H,7-12H2,1-3H3,(H,20,21). The first-order valence-corrected chi connectivity index (χ1v) is 9.01. The van der Waals surface area contributed by atoms with Crippen LogP contribution in [0.2, 0.25) is 0 Å². The molecule has 1 aliphatic rings. The van der Waals surface area contributed by atoms with Crippen LogP contribution in [-0.4, -0.2) is 67.5 Å². The Morgan fingerprint density at radius 2 is 2.08 bits per heavy atom. The van der Waals surface area contributed by atoms with Gasteiger partial charge in [0, 0.05) is 64.8 Å². The molecule has 0 bridgehead atoms. The molecule has 1 aromatic heterocycles. The number of benzene rings is 1. The molecule has 0 atom stereocenters. The Hall–Kier alpha value is -2.70. The Bertz CT molecular complexity index is 733. The summed E-state index contributed by atoms with van der Waals surface area (Å²) in [5.41, 5.74) is 2.45. The summed E-state index contributed by atoms with van der Waals surface area (Å²) in [5, 5.41) is 7.68. The SMILES string of the molecule is CN=C(NCCc1cnn(C)c1)N1CCN(c2cccc(OC)c2)CC1. The maximum Gasteiger partial charge on any atom is 0.193 e. The molecule has 1 saturated heterocycles. The third-order valence-corrected chi connectivity index (χ3v) is 4.66. The molecule has 1 fully saturated rings. The molecule has 7 heteroatoms. The highest BCUT2D eigenvalue weighted by Gasteiger charge is 2.20. The largest absolute Gasteiger partial charge is 0.497 e. The molecule has 3 rings (SSSR count). The minimum atomic E-state index is 0.856. The second-order valence-electron chi connectivity index (χ2n) is 6.42. The topological polar surface area (TPSA) is 57.9 Å². The molecule has 2 heterocycles. The van der Waals surface area contributed by atoms with Gasteiger partial charge in [-0.2, -0.15) is 5.10 Å². The molecule has 2 aromatic rings. The van der Waals surface area contributed by atoms with E-state index in [1.54, 1.807) is 7.11 Å². The van der Waals surface area contributed by atoms with Gasteiger partial charge in [-0.1, -0.05) is 6.07 Å². The summed E-state index contributed by atoms with van der Waals surface area (Å²) >= 11 is 0. The van der Waals surface area contributed by atoms with E-state index in [1.807, 2.05) is 37.1 Å². The van der Waals surface area contributed by atoms with Gasteiger partial charge in [-0.15, -0.1) is 0 Å². The highest BCUT2D eigenvalue weighted by molar-refractivity contribution is 5.80. The number of nitrogens with one attached hydrogen (secondary N) is 1. The van der Waals surface area contributed by atoms with Gasteiger partial charge < -0.3 is 19.9 Å². The van der Waals surface area contributed by atoms with E-state index in [-0.39, 0.29) is 0 Å². The predicted molar refractivity (Wildman–Crippen MR) is 105 cm³/mol. The summed E-state index contributed by atoms with van der Waals surface area (Å²) in [5.74, 6) is 1.87. The van der Waals surface area contributed by atoms with Crippen molar-refractivity contribution in [3.63, 3.8) is 0 Å². The third kappa shape index (κ3) is 4.47. The quantitative estimate of drug-likeness (QED) is 0.648. The molecule has 0 spiro atoms. The van der Waals surface area contributed by atoms with Crippen LogP contribution < -0.4 is 15.0 Å². The zero-order chi connectivity index (χ0) is 18.4. The van der Waals surface area contributed by atoms with Gasteiger partial charge in [0.2, 0.25) is 0 Å². The number of aromatic nitrogens is 2. The van der Waals surface area contributed by atoms with Crippen LogP contribution in [0.3, 0.4) is 0 Å². The summed E-state index contributed by atoms with van der Waals surface area (Å²) in [6.45, 7) is 4.69. The molecule has 26 heavy (non-hydrogen) atoms. The number of rotatable bonds is 5. The fourth-order valence-electron chi connectivity index (χ4n) is 3.24. The molecule has 0 amide bonds. The number of piperazine rings is 1. The van der Waals surface area contributed by atoms with Gasteiger partial charge in [0.15, 0.2) is 5.96 Å². The Morgan fingerprint density at radius 3 is 2.73 bits per heavy atom. The summed E-state index contributed by atoms with van der Waals surface area (Å²) in [6, 6.07) is 8.25. The van der Waals surface area contributed by atoms with Crippen molar-refractivity contribution in [2.45, 2.75) is 6.42 Å². The molecular weight excluding hydrogens is 328 g/mol. The van der Waals surface area contributed by atoms with Crippen LogP contribution in [0, 0.1) is 0 Å². The molecule has 1 aromatic carbocycles. The maximum atomic E-state index is 5.33. The number of aliphatic imine (C=N–C) groups is 1. The predicted octanol–water partition coefficient (Wildman–Crippen LogP) is 1.37. The minimum Gasteiger partial charge on any atom is -0.497 e. The van der Waals surface area contributed by atoms with Gasteiger partial charge in [-0.25, -0.2) is 0 Å². The summed E-state index contributed by atoms with van der Waals surface area (Å²) < 4.78 is 7.17. The molecule has 0 saturated carbocycles. The van der Waals surface area contributed by atoms with E-state index in [2.05, 4.69) is 43.5 Å². The Labute approximate surface area is 155 Å². The summed E-state index contributed by atoms with van der Waals surface area (Å²) in [4.78, 5) is 9.16. The van der Waals surface area contributed by atoms with E-state index in [4.69, 9.17) is 4.74 Å². The molecule has 1 N–H and O–H groups in total. The highest BCUT2D eigenvalue weighted by Crippen LogP contribution is 2.22. The number of guanidine groups is 1. The zero-order valence-electron chi connectivity index (χ0n) is 15.9. The Morgan fingerprint density at radius 1 is 1.27 bits per heavy atom.